The van der Waals surface area contributed by atoms with Crippen molar-refractivity contribution in [2.24, 2.45) is 5.92 Å². The topological polar surface area (TPSA) is 135 Å². The first-order valence-electron chi connectivity index (χ1n) is 15.5. The molecule has 2 saturated heterocycles. The van der Waals surface area contributed by atoms with Gasteiger partial charge in [0.1, 0.15) is 11.6 Å². The molecule has 0 radical (unpaired) electrons. The summed E-state index contributed by atoms with van der Waals surface area (Å²) in [7, 11) is 0. The van der Waals surface area contributed by atoms with E-state index in [1.165, 1.54) is 0 Å². The van der Waals surface area contributed by atoms with Crippen LogP contribution in [0.15, 0.2) is 48.5 Å². The molecule has 4 rings (SSSR count). The number of ether oxygens (including phenoxy) is 3. The average Bonchev–Trinajstić information content (AvgIpc) is 3.45. The summed E-state index contributed by atoms with van der Waals surface area (Å²) in [5, 5.41) is 21.1. The number of aliphatic carboxylic acids is 1. The molecule has 2 aliphatic rings. The number of rotatable bonds is 12. The van der Waals surface area contributed by atoms with E-state index in [1.54, 1.807) is 0 Å². The summed E-state index contributed by atoms with van der Waals surface area (Å²) in [6.45, 7) is 9.39. The molecule has 10 nitrogen and oxygen atoms in total. The van der Waals surface area contributed by atoms with Crippen molar-refractivity contribution in [1.82, 2.24) is 10.2 Å². The lowest BCUT2D eigenvalue weighted by Crippen LogP contribution is -2.48. The number of esters is 1. The van der Waals surface area contributed by atoms with Gasteiger partial charge in [0, 0.05) is 37.4 Å². The Balaban J connectivity index is 1.48. The third kappa shape index (κ3) is 9.34. The molecule has 0 aliphatic carbocycles. The highest BCUT2D eigenvalue weighted by Gasteiger charge is 2.42. The van der Waals surface area contributed by atoms with Crippen LogP contribution in [-0.4, -0.2) is 63.8 Å². The zero-order chi connectivity index (χ0) is 31.9. The molecule has 5 unspecified atom stereocenters. The van der Waals surface area contributed by atoms with E-state index in [1.807, 2.05) is 69.3 Å². The summed E-state index contributed by atoms with van der Waals surface area (Å²) in [4.78, 5) is 38.0. The predicted octanol–water partition coefficient (Wildman–Crippen LogP) is 4.65. The quantitative estimate of drug-likeness (QED) is 0.294. The molecule has 2 fully saturated rings. The van der Waals surface area contributed by atoms with Crippen molar-refractivity contribution in [2.45, 2.75) is 103 Å². The van der Waals surface area contributed by atoms with E-state index in [9.17, 15) is 19.5 Å². The van der Waals surface area contributed by atoms with Gasteiger partial charge in [0.25, 0.3) is 0 Å². The van der Waals surface area contributed by atoms with Crippen molar-refractivity contribution in [3.8, 4) is 0 Å². The molecule has 5 atom stereocenters. The summed E-state index contributed by atoms with van der Waals surface area (Å²) in [5.74, 6) is -1.33. The molecule has 0 spiro atoms. The number of aliphatic hydroxyl groups excluding tert-OH is 1. The van der Waals surface area contributed by atoms with E-state index >= 15 is 0 Å². The largest absolute Gasteiger partial charge is 0.481 e. The van der Waals surface area contributed by atoms with Gasteiger partial charge in [0.2, 0.25) is 5.91 Å². The molecule has 0 aromatic heterocycles. The number of carbonyl (C=O) groups excluding carboxylic acids is 2. The monoisotopic (exact) mass is 610 g/mol. The molecule has 2 aliphatic heterocycles. The molecule has 3 N–H and O–H groups in total. The predicted molar refractivity (Wildman–Crippen MR) is 163 cm³/mol. The van der Waals surface area contributed by atoms with Gasteiger partial charge in [-0.05, 0) is 63.3 Å². The zero-order valence-electron chi connectivity index (χ0n) is 26.2. The number of hydrogen-bond donors (Lipinski definition) is 3. The maximum absolute atomic E-state index is 13.0. The van der Waals surface area contributed by atoms with Gasteiger partial charge in [-0.2, -0.15) is 0 Å². The number of likely N-dealkylation sites (tertiary alicyclic amines) is 1. The van der Waals surface area contributed by atoms with Crippen LogP contribution in [0.3, 0.4) is 0 Å². The molecule has 2 heterocycles. The fourth-order valence-electron chi connectivity index (χ4n) is 5.72. The second-order valence-electron chi connectivity index (χ2n) is 12.8. The van der Waals surface area contributed by atoms with Gasteiger partial charge in [-0.1, -0.05) is 55.5 Å². The minimum absolute atomic E-state index is 0.0262. The van der Waals surface area contributed by atoms with E-state index in [0.717, 1.165) is 41.6 Å². The van der Waals surface area contributed by atoms with Crippen LogP contribution in [0.5, 0.6) is 0 Å². The molecule has 1 amide bonds. The second-order valence-corrected chi connectivity index (χ2v) is 12.8. The third-order valence-corrected chi connectivity index (χ3v) is 8.12. The molecule has 0 bridgehead atoms. The van der Waals surface area contributed by atoms with Crippen LogP contribution in [0.25, 0.3) is 0 Å². The van der Waals surface area contributed by atoms with Gasteiger partial charge in [0.15, 0.2) is 6.29 Å². The summed E-state index contributed by atoms with van der Waals surface area (Å²) in [6, 6.07) is 15.1. The van der Waals surface area contributed by atoms with Crippen LogP contribution in [0.4, 0.5) is 0 Å². The lowest BCUT2D eigenvalue weighted by molar-refractivity contribution is -0.276. The van der Waals surface area contributed by atoms with Gasteiger partial charge in [0.05, 0.1) is 18.8 Å². The van der Waals surface area contributed by atoms with Gasteiger partial charge in [-0.3, -0.25) is 19.3 Å². The number of aliphatic hydroxyl groups is 1. The lowest BCUT2D eigenvalue weighted by atomic mass is 9.90. The van der Waals surface area contributed by atoms with Crippen molar-refractivity contribution in [1.29, 1.82) is 0 Å². The Morgan fingerprint density at radius 1 is 0.977 bits per heavy atom. The number of benzene rings is 2. The average molecular weight is 611 g/mol. The van der Waals surface area contributed by atoms with Crippen LogP contribution in [0.2, 0.25) is 0 Å². The number of hydrogen-bond acceptors (Lipinski definition) is 8. The molecule has 44 heavy (non-hydrogen) atoms. The summed E-state index contributed by atoms with van der Waals surface area (Å²) < 4.78 is 18.9. The van der Waals surface area contributed by atoms with Crippen LogP contribution < -0.4 is 5.32 Å². The first-order chi connectivity index (χ1) is 20.9. The molecule has 2 aromatic carbocycles. The number of carbonyl (C=O) groups is 3. The molecular weight excluding hydrogens is 564 g/mol. The van der Waals surface area contributed by atoms with E-state index in [2.05, 4.69) is 17.1 Å². The number of nitrogens with one attached hydrogen (secondary N) is 1. The van der Waals surface area contributed by atoms with Gasteiger partial charge < -0.3 is 29.7 Å². The zero-order valence-corrected chi connectivity index (χ0v) is 26.2. The van der Waals surface area contributed by atoms with E-state index in [0.29, 0.717) is 19.5 Å². The minimum atomic E-state index is -0.912. The fourth-order valence-corrected chi connectivity index (χ4v) is 5.72. The smallest absolute Gasteiger partial charge is 0.323 e. The third-order valence-electron chi connectivity index (χ3n) is 8.12. The Bertz CT molecular complexity index is 1260. The van der Waals surface area contributed by atoms with E-state index in [-0.39, 0.29) is 55.5 Å². The summed E-state index contributed by atoms with van der Waals surface area (Å²) in [6.07, 6.45) is 0.933. The minimum Gasteiger partial charge on any atom is -0.481 e. The van der Waals surface area contributed by atoms with Crippen LogP contribution in [0.1, 0.15) is 94.4 Å². The van der Waals surface area contributed by atoms with Crippen LogP contribution in [-0.2, 0) is 41.7 Å². The first-order valence-corrected chi connectivity index (χ1v) is 15.5. The highest BCUT2D eigenvalue weighted by atomic mass is 16.7. The van der Waals surface area contributed by atoms with Gasteiger partial charge in [-0.15, -0.1) is 0 Å². The standard InChI is InChI=1S/C34H46N2O8/c1-22-28(20-36-18-6-7-27(36)32(41)44-34(2,3)4)42-33(43-31(22)25-14-12-24(21-37)13-15-25)26-16-10-23(11-17-26)19-35-29(38)8-5-9-30(39)40/h10-17,22,27-28,31,33,37H,5-9,18-21H2,1-4H3,(H,35,38)(H,39,40). The highest BCUT2D eigenvalue weighted by molar-refractivity contribution is 5.77. The van der Waals surface area contributed by atoms with Crippen molar-refractivity contribution in [2.75, 3.05) is 13.1 Å². The van der Waals surface area contributed by atoms with Crippen molar-refractivity contribution in [3.05, 3.63) is 70.8 Å². The van der Waals surface area contributed by atoms with E-state index < -0.39 is 17.9 Å². The highest BCUT2D eigenvalue weighted by Crippen LogP contribution is 2.42. The Kier molecular flexibility index (Phi) is 11.5. The Morgan fingerprint density at radius 2 is 1.64 bits per heavy atom. The Hall–Kier alpha value is -3.31. The number of nitrogens with zero attached hydrogens (tertiary/aromatic N) is 1. The normalized spacial score (nSPS) is 24.2. The first kappa shape index (κ1) is 33.6. The van der Waals surface area contributed by atoms with Crippen molar-refractivity contribution in [3.63, 3.8) is 0 Å². The van der Waals surface area contributed by atoms with Crippen LogP contribution >= 0.6 is 0 Å². The number of carboxylic acid groups (broad SMARTS) is 1. The molecule has 10 heteroatoms. The molecular formula is C34H46N2O8. The number of carboxylic acids is 1. The maximum atomic E-state index is 13.0. The molecule has 0 saturated carbocycles. The van der Waals surface area contributed by atoms with Crippen LogP contribution in [0, 0.1) is 5.92 Å². The fraction of sp³-hybridized carbons (Fsp3) is 0.559. The van der Waals surface area contributed by atoms with E-state index in [4.69, 9.17) is 19.3 Å². The van der Waals surface area contributed by atoms with Gasteiger partial charge in [-0.25, -0.2) is 0 Å². The number of amides is 1. The maximum Gasteiger partial charge on any atom is 0.323 e. The SMILES string of the molecule is CC1C(CN2CCCC2C(=O)OC(C)(C)C)OC(c2ccc(CNC(=O)CCCC(=O)O)cc2)OC1c1ccc(CO)cc1. The summed E-state index contributed by atoms with van der Waals surface area (Å²) in [5.41, 5.74) is 2.99. The Morgan fingerprint density at radius 3 is 2.27 bits per heavy atom. The summed E-state index contributed by atoms with van der Waals surface area (Å²) >= 11 is 0. The Labute approximate surface area is 259 Å². The lowest BCUT2D eigenvalue weighted by Gasteiger charge is -2.43. The molecule has 2 aromatic rings. The van der Waals surface area contributed by atoms with Crippen molar-refractivity contribution >= 4 is 17.8 Å². The second kappa shape index (κ2) is 15.1. The van der Waals surface area contributed by atoms with Gasteiger partial charge >= 0.3 is 11.9 Å². The van der Waals surface area contributed by atoms with Crippen molar-refractivity contribution < 1.29 is 38.8 Å². The molecule has 240 valence electrons.